The summed E-state index contributed by atoms with van der Waals surface area (Å²) in [7, 11) is -4.36. The number of morpholine rings is 1. The first-order valence-corrected chi connectivity index (χ1v) is 15.8. The second-order valence-corrected chi connectivity index (χ2v) is 13.2. The van der Waals surface area contributed by atoms with Crippen LogP contribution in [-0.4, -0.2) is 66.9 Å². The number of amides is 1. The maximum absolute atomic E-state index is 14.3. The minimum atomic E-state index is -4.36. The van der Waals surface area contributed by atoms with Gasteiger partial charge in [-0.1, -0.05) is 23.7 Å². The van der Waals surface area contributed by atoms with Crippen molar-refractivity contribution in [2.75, 3.05) is 24.6 Å². The Balaban J connectivity index is 1.21. The molecule has 0 spiro atoms. The Morgan fingerprint density at radius 3 is 2.67 bits per heavy atom. The molecular formula is C30H29ClFN5O5S. The van der Waals surface area contributed by atoms with E-state index in [1.54, 1.807) is 0 Å². The van der Waals surface area contributed by atoms with Crippen molar-refractivity contribution in [1.82, 2.24) is 20.5 Å². The second kappa shape index (κ2) is 11.7. The largest absolute Gasteiger partial charge is 0.490 e. The van der Waals surface area contributed by atoms with Crippen molar-refractivity contribution < 1.29 is 27.1 Å². The van der Waals surface area contributed by atoms with E-state index in [9.17, 15) is 17.6 Å². The van der Waals surface area contributed by atoms with Crippen LogP contribution in [0, 0.1) is 0 Å². The lowest BCUT2D eigenvalue weighted by atomic mass is 10.1. The summed E-state index contributed by atoms with van der Waals surface area (Å²) in [5.41, 5.74) is 0.681. The highest BCUT2D eigenvalue weighted by molar-refractivity contribution is 7.92. The van der Waals surface area contributed by atoms with E-state index < -0.39 is 26.1 Å². The SMILES string of the molecule is C[C@@H]1CN(c2cccc(-c3ccc4nnc(CNC(=O)c5cc(Cl)c6c(c5)S(=O)(=O)[C@@H](F)CCO6)cc4c3)n2)C[C@H](C)O1. The molecule has 2 aromatic carbocycles. The summed E-state index contributed by atoms with van der Waals surface area (Å²) in [6, 6.07) is 15.9. The van der Waals surface area contributed by atoms with E-state index in [0.29, 0.717) is 11.2 Å². The van der Waals surface area contributed by atoms with Crippen molar-refractivity contribution in [3.8, 4) is 17.0 Å². The lowest BCUT2D eigenvalue weighted by molar-refractivity contribution is -0.00545. The fourth-order valence-corrected chi connectivity index (χ4v) is 7.06. The molecule has 1 fully saturated rings. The van der Waals surface area contributed by atoms with Crippen LogP contribution in [0.15, 0.2) is 59.5 Å². The van der Waals surface area contributed by atoms with Crippen molar-refractivity contribution in [3.05, 3.63) is 70.9 Å². The van der Waals surface area contributed by atoms with E-state index in [2.05, 4.69) is 34.3 Å². The van der Waals surface area contributed by atoms with Crippen LogP contribution in [-0.2, 0) is 21.1 Å². The summed E-state index contributed by atoms with van der Waals surface area (Å²) in [4.78, 5) is 19.7. The summed E-state index contributed by atoms with van der Waals surface area (Å²) in [6.07, 6.45) is -0.0955. The number of carbonyl (C=O) groups excluding carboxylic acids is 1. The number of rotatable bonds is 5. The number of ether oxygens (including phenoxy) is 2. The van der Waals surface area contributed by atoms with Crippen molar-refractivity contribution in [1.29, 1.82) is 0 Å². The Morgan fingerprint density at radius 1 is 1.09 bits per heavy atom. The van der Waals surface area contributed by atoms with Gasteiger partial charge in [0, 0.05) is 36.0 Å². The predicted molar refractivity (Wildman–Crippen MR) is 160 cm³/mol. The van der Waals surface area contributed by atoms with Crippen molar-refractivity contribution >= 4 is 44.1 Å². The number of anilines is 1. The number of nitrogens with one attached hydrogen (secondary N) is 1. The van der Waals surface area contributed by atoms with Gasteiger partial charge < -0.3 is 19.7 Å². The molecule has 1 saturated heterocycles. The summed E-state index contributed by atoms with van der Waals surface area (Å²) >= 11 is 6.23. The molecule has 43 heavy (non-hydrogen) atoms. The molecule has 0 bridgehead atoms. The molecule has 3 atom stereocenters. The van der Waals surface area contributed by atoms with E-state index in [0.717, 1.165) is 41.6 Å². The Bertz CT molecular complexity index is 1810. The number of pyridine rings is 1. The van der Waals surface area contributed by atoms with Crippen LogP contribution in [0.5, 0.6) is 5.75 Å². The third-order valence-corrected chi connectivity index (χ3v) is 9.45. The van der Waals surface area contributed by atoms with Crippen LogP contribution >= 0.6 is 11.6 Å². The zero-order valence-electron chi connectivity index (χ0n) is 23.5. The van der Waals surface area contributed by atoms with Gasteiger partial charge in [-0.2, -0.15) is 10.2 Å². The normalized spacial score (nSPS) is 21.5. The zero-order chi connectivity index (χ0) is 30.3. The van der Waals surface area contributed by atoms with Gasteiger partial charge in [-0.25, -0.2) is 17.8 Å². The highest BCUT2D eigenvalue weighted by atomic mass is 35.5. The first-order valence-electron chi connectivity index (χ1n) is 13.8. The highest BCUT2D eigenvalue weighted by Crippen LogP contribution is 2.38. The molecule has 2 aromatic heterocycles. The molecule has 0 saturated carbocycles. The summed E-state index contributed by atoms with van der Waals surface area (Å²) < 4.78 is 50.8. The third-order valence-electron chi connectivity index (χ3n) is 7.35. The Labute approximate surface area is 253 Å². The average molecular weight is 626 g/mol. The van der Waals surface area contributed by atoms with Gasteiger partial charge in [0.25, 0.3) is 5.91 Å². The van der Waals surface area contributed by atoms with Gasteiger partial charge in [0.2, 0.25) is 15.3 Å². The van der Waals surface area contributed by atoms with Crippen LogP contribution in [0.1, 0.15) is 36.3 Å². The minimum Gasteiger partial charge on any atom is -0.490 e. The average Bonchev–Trinajstić information content (AvgIpc) is 3.10. The number of alkyl halides is 1. The molecule has 6 rings (SSSR count). The summed E-state index contributed by atoms with van der Waals surface area (Å²) in [5, 5.41) is 11.9. The molecule has 0 aliphatic carbocycles. The maximum atomic E-state index is 14.3. The number of halogens is 2. The van der Waals surface area contributed by atoms with Crippen molar-refractivity contribution in [3.63, 3.8) is 0 Å². The molecule has 2 aliphatic rings. The number of hydrogen-bond donors (Lipinski definition) is 1. The van der Waals surface area contributed by atoms with Gasteiger partial charge >= 0.3 is 0 Å². The van der Waals surface area contributed by atoms with E-state index >= 15 is 0 Å². The minimum absolute atomic E-state index is 0.0107. The molecule has 0 unspecified atom stereocenters. The van der Waals surface area contributed by atoms with Gasteiger partial charge in [0.15, 0.2) is 5.75 Å². The molecule has 13 heteroatoms. The number of carbonyl (C=O) groups is 1. The van der Waals surface area contributed by atoms with E-state index in [1.807, 2.05) is 42.5 Å². The first-order chi connectivity index (χ1) is 20.6. The Kier molecular flexibility index (Phi) is 7.92. The van der Waals surface area contributed by atoms with Crippen molar-refractivity contribution in [2.45, 2.75) is 49.4 Å². The molecule has 1 amide bonds. The molecule has 2 aliphatic heterocycles. The van der Waals surface area contributed by atoms with Gasteiger partial charge in [0.1, 0.15) is 10.7 Å². The summed E-state index contributed by atoms with van der Waals surface area (Å²) in [6.45, 7) is 5.51. The standard InChI is InChI=1S/C30H29ClFN5O5S/c1-17-15-37(16-18(2)42-17)28-5-3-4-24(34-28)19-6-7-25-20(10-19)11-22(35-36-25)14-33-30(38)21-12-23(31)29-26(13-21)43(39,40)27(32)8-9-41-29/h3-7,10-13,17-18,27H,8-9,14-16H2,1-2H3,(H,33,38)/t17-,18+,27-/m1/s1. The first kappa shape index (κ1) is 29.2. The molecule has 224 valence electrons. The summed E-state index contributed by atoms with van der Waals surface area (Å²) in [5.74, 6) is 0.127. The molecule has 0 radical (unpaired) electrons. The monoisotopic (exact) mass is 625 g/mol. The zero-order valence-corrected chi connectivity index (χ0v) is 25.0. The molecule has 4 aromatic rings. The molecule has 4 heterocycles. The lowest BCUT2D eigenvalue weighted by Gasteiger charge is -2.36. The van der Waals surface area contributed by atoms with Crippen molar-refractivity contribution in [2.24, 2.45) is 0 Å². The van der Waals surface area contributed by atoms with Gasteiger partial charge in [-0.05, 0) is 56.3 Å². The molecule has 1 N–H and O–H groups in total. The number of benzene rings is 2. The van der Waals surface area contributed by atoms with Gasteiger partial charge in [-0.15, -0.1) is 0 Å². The number of nitrogens with zero attached hydrogens (tertiary/aromatic N) is 4. The maximum Gasteiger partial charge on any atom is 0.251 e. The Morgan fingerprint density at radius 2 is 1.88 bits per heavy atom. The van der Waals surface area contributed by atoms with Gasteiger partial charge in [-0.3, -0.25) is 4.79 Å². The van der Waals surface area contributed by atoms with Crippen LogP contribution in [0.4, 0.5) is 10.2 Å². The molecular weight excluding hydrogens is 597 g/mol. The highest BCUT2D eigenvalue weighted by Gasteiger charge is 2.35. The second-order valence-electron chi connectivity index (χ2n) is 10.7. The molecule has 10 nitrogen and oxygen atoms in total. The smallest absolute Gasteiger partial charge is 0.251 e. The van der Waals surface area contributed by atoms with E-state index in [-0.39, 0.29) is 48.1 Å². The third kappa shape index (κ3) is 5.99. The van der Waals surface area contributed by atoms with Crippen LogP contribution in [0.2, 0.25) is 5.02 Å². The van der Waals surface area contributed by atoms with E-state index in [4.69, 9.17) is 26.1 Å². The predicted octanol–water partition coefficient (Wildman–Crippen LogP) is 4.74. The quantitative estimate of drug-likeness (QED) is 0.335. The Hall–Kier alpha value is -3.87. The fraction of sp³-hybridized carbons (Fsp3) is 0.333. The number of fused-ring (bicyclic) bond motifs is 2. The number of aromatic nitrogens is 3. The van der Waals surface area contributed by atoms with Crippen LogP contribution < -0.4 is 15.0 Å². The van der Waals surface area contributed by atoms with Crippen LogP contribution in [0.25, 0.3) is 22.2 Å². The van der Waals surface area contributed by atoms with E-state index in [1.165, 1.54) is 6.07 Å². The number of hydrogen-bond acceptors (Lipinski definition) is 9. The van der Waals surface area contributed by atoms with Gasteiger partial charge in [0.05, 0.1) is 47.3 Å². The fourth-order valence-electron chi connectivity index (χ4n) is 5.33. The van der Waals surface area contributed by atoms with Crippen LogP contribution in [0.3, 0.4) is 0 Å². The lowest BCUT2D eigenvalue weighted by Crippen LogP contribution is -2.45. The number of sulfone groups is 1. The topological polar surface area (TPSA) is 124 Å².